The summed E-state index contributed by atoms with van der Waals surface area (Å²) >= 11 is 0. The van der Waals surface area contributed by atoms with Crippen LogP contribution in [0.2, 0.25) is 0 Å². The number of ether oxygens (including phenoxy) is 3. The van der Waals surface area contributed by atoms with Crippen LogP contribution in [0.4, 0.5) is 0 Å². The van der Waals surface area contributed by atoms with E-state index in [9.17, 15) is 4.79 Å². The van der Waals surface area contributed by atoms with Gasteiger partial charge < -0.3 is 14.2 Å². The van der Waals surface area contributed by atoms with Crippen molar-refractivity contribution in [1.29, 1.82) is 0 Å². The van der Waals surface area contributed by atoms with Gasteiger partial charge in [0, 0.05) is 25.2 Å². The van der Waals surface area contributed by atoms with E-state index in [1.165, 1.54) is 38.5 Å². The van der Waals surface area contributed by atoms with Gasteiger partial charge in [0.15, 0.2) is 5.79 Å². The van der Waals surface area contributed by atoms with Gasteiger partial charge in [-0.1, -0.05) is 59.1 Å². The molecule has 4 heteroatoms. The van der Waals surface area contributed by atoms with Crippen molar-refractivity contribution in [3.63, 3.8) is 0 Å². The Hall–Kier alpha value is -0.870. The van der Waals surface area contributed by atoms with Crippen molar-refractivity contribution in [3.05, 3.63) is 11.6 Å². The lowest BCUT2D eigenvalue weighted by Gasteiger charge is -2.58. The number of esters is 1. The molecular weight excluding hydrogens is 460 g/mol. The van der Waals surface area contributed by atoms with Gasteiger partial charge in [-0.05, 0) is 91.8 Å². The molecule has 0 aromatic rings. The van der Waals surface area contributed by atoms with Gasteiger partial charge in [0.1, 0.15) is 6.10 Å². The fourth-order valence-corrected chi connectivity index (χ4v) is 10.5. The summed E-state index contributed by atoms with van der Waals surface area (Å²) in [6.45, 7) is 13.0. The van der Waals surface area contributed by atoms with E-state index in [0.29, 0.717) is 35.7 Å². The zero-order chi connectivity index (χ0) is 26.0. The number of hydrogen-bond donors (Lipinski definition) is 0. The molecule has 0 aromatic heterocycles. The van der Waals surface area contributed by atoms with E-state index in [0.717, 1.165) is 62.9 Å². The molecule has 1 spiro atoms. The van der Waals surface area contributed by atoms with Crippen LogP contribution in [0.3, 0.4) is 0 Å². The molecule has 0 N–H and O–H groups in total. The minimum atomic E-state index is -0.315. The maximum Gasteiger partial charge on any atom is 0.306 e. The van der Waals surface area contributed by atoms with E-state index in [1.807, 2.05) is 0 Å². The van der Waals surface area contributed by atoms with Crippen LogP contribution in [0.15, 0.2) is 11.6 Å². The zero-order valence-electron chi connectivity index (χ0n) is 24.2. The van der Waals surface area contributed by atoms with Crippen molar-refractivity contribution in [1.82, 2.24) is 0 Å². The molecule has 0 unspecified atom stereocenters. The number of rotatable bonds is 5. The summed E-state index contributed by atoms with van der Waals surface area (Å²) in [5.41, 5.74) is 2.25. The molecule has 11 atom stereocenters. The Kier molecular flexibility index (Phi) is 6.87. The topological polar surface area (TPSA) is 44.8 Å². The minimum absolute atomic E-state index is 0.0190. The van der Waals surface area contributed by atoms with Gasteiger partial charge >= 0.3 is 5.97 Å². The molecule has 208 valence electrons. The zero-order valence-corrected chi connectivity index (χ0v) is 24.2. The molecular formula is C33H52O4. The van der Waals surface area contributed by atoms with E-state index in [1.54, 1.807) is 5.57 Å². The lowest BCUT2D eigenvalue weighted by atomic mass is 9.47. The first-order valence-electron chi connectivity index (χ1n) is 15.9. The van der Waals surface area contributed by atoms with Crippen LogP contribution in [0.1, 0.15) is 118 Å². The first-order chi connectivity index (χ1) is 17.7. The van der Waals surface area contributed by atoms with Gasteiger partial charge in [-0.3, -0.25) is 4.79 Å². The number of allylic oxidation sites excluding steroid dienone is 1. The van der Waals surface area contributed by atoms with E-state index in [-0.39, 0.29) is 23.3 Å². The van der Waals surface area contributed by atoms with Gasteiger partial charge in [-0.2, -0.15) is 0 Å². The van der Waals surface area contributed by atoms with E-state index in [2.05, 4.69) is 40.7 Å². The fourth-order valence-electron chi connectivity index (χ4n) is 10.5. The molecule has 4 aliphatic carbocycles. The minimum Gasteiger partial charge on any atom is -0.462 e. The molecule has 0 bridgehead atoms. The average Bonchev–Trinajstić information content (AvgIpc) is 3.31. The molecule has 2 aliphatic heterocycles. The normalized spacial score (nSPS) is 50.6. The lowest BCUT2D eigenvalue weighted by molar-refractivity contribution is -0.272. The van der Waals surface area contributed by atoms with Crippen molar-refractivity contribution < 1.29 is 19.0 Å². The van der Waals surface area contributed by atoms with Crippen LogP contribution >= 0.6 is 0 Å². The number of hydrogen-bond acceptors (Lipinski definition) is 4. The summed E-state index contributed by atoms with van der Waals surface area (Å²) in [5, 5.41) is 0. The second-order valence-corrected chi connectivity index (χ2v) is 14.6. The van der Waals surface area contributed by atoms with Crippen LogP contribution in [-0.4, -0.2) is 30.6 Å². The quantitative estimate of drug-likeness (QED) is 0.214. The highest BCUT2D eigenvalue weighted by molar-refractivity contribution is 5.69. The Morgan fingerprint density at radius 1 is 1.08 bits per heavy atom. The third kappa shape index (κ3) is 4.17. The molecule has 4 nitrogen and oxygen atoms in total. The monoisotopic (exact) mass is 512 g/mol. The van der Waals surface area contributed by atoms with Gasteiger partial charge in [-0.15, -0.1) is 0 Å². The molecule has 6 aliphatic rings. The molecule has 3 saturated carbocycles. The molecule has 6 rings (SSSR count). The molecule has 37 heavy (non-hydrogen) atoms. The second-order valence-electron chi connectivity index (χ2n) is 14.6. The molecule has 5 fully saturated rings. The Morgan fingerprint density at radius 3 is 2.68 bits per heavy atom. The van der Waals surface area contributed by atoms with Gasteiger partial charge in [0.25, 0.3) is 0 Å². The van der Waals surface area contributed by atoms with Crippen LogP contribution in [0, 0.1) is 46.3 Å². The van der Waals surface area contributed by atoms with Crippen molar-refractivity contribution >= 4 is 5.97 Å². The maximum atomic E-state index is 12.4. The number of carbonyl (C=O) groups is 1. The molecule has 0 aromatic carbocycles. The summed E-state index contributed by atoms with van der Waals surface area (Å²) in [6.07, 6.45) is 17.4. The number of fused-ring (bicyclic) bond motifs is 7. The second kappa shape index (κ2) is 9.65. The largest absolute Gasteiger partial charge is 0.462 e. The lowest BCUT2D eigenvalue weighted by Crippen LogP contribution is -2.52. The third-order valence-electron chi connectivity index (χ3n) is 12.6. The van der Waals surface area contributed by atoms with Crippen LogP contribution in [0.25, 0.3) is 0 Å². The Morgan fingerprint density at radius 2 is 1.92 bits per heavy atom. The fraction of sp³-hybridized carbons (Fsp3) is 0.909. The predicted molar refractivity (Wildman–Crippen MR) is 146 cm³/mol. The first kappa shape index (κ1) is 26.4. The maximum absolute atomic E-state index is 12.4. The molecule has 2 saturated heterocycles. The van der Waals surface area contributed by atoms with Gasteiger partial charge in [0.05, 0.1) is 12.7 Å². The standard InChI is InChI=1S/C33H52O4/c1-6-7-8-9-29(34)36-24-13-15-31(4)23(18-24)10-11-25-26(31)14-16-32(5)27(25)19-28-30(32)22(3)33(37-28)17-12-21(2)20-35-33/h10,21-22,24-28,30H,6-9,11-20H2,1-5H3/t21-,22+,24+,25-,26+,27+,28-,30+,31+,32+,33+/m1/s1. The first-order valence-corrected chi connectivity index (χ1v) is 15.9. The van der Waals surface area contributed by atoms with Crippen molar-refractivity contribution in [2.75, 3.05) is 6.61 Å². The van der Waals surface area contributed by atoms with Crippen molar-refractivity contribution in [2.45, 2.75) is 136 Å². The highest BCUT2D eigenvalue weighted by atomic mass is 16.7. The molecule has 0 radical (unpaired) electrons. The smallest absolute Gasteiger partial charge is 0.306 e. The molecule has 0 amide bonds. The Balaban J connectivity index is 1.15. The molecule has 2 heterocycles. The summed E-state index contributed by atoms with van der Waals surface area (Å²) < 4.78 is 19.4. The summed E-state index contributed by atoms with van der Waals surface area (Å²) in [7, 11) is 0. The summed E-state index contributed by atoms with van der Waals surface area (Å²) in [4.78, 5) is 12.4. The number of unbranched alkanes of at least 4 members (excludes halogenated alkanes) is 2. The van der Waals surface area contributed by atoms with E-state index < -0.39 is 0 Å². The summed E-state index contributed by atoms with van der Waals surface area (Å²) in [5.74, 6) is 3.77. The van der Waals surface area contributed by atoms with Crippen LogP contribution in [-0.2, 0) is 19.0 Å². The van der Waals surface area contributed by atoms with Gasteiger partial charge in [-0.25, -0.2) is 0 Å². The van der Waals surface area contributed by atoms with Gasteiger partial charge in [0.2, 0.25) is 0 Å². The predicted octanol–water partition coefficient (Wildman–Crippen LogP) is 7.85. The SMILES string of the molecule is CCCCCC(=O)O[C@H]1CC[C@@]2(C)C(=CC[C@H]3[C@@H]4C[C@H]5O[C@@]6(CC[C@@H](C)CO6)[C@@H](C)[C@@H]5[C@@]4(C)CC[C@@H]32)C1. The Bertz CT molecular complexity index is 902. The van der Waals surface area contributed by atoms with E-state index in [4.69, 9.17) is 14.2 Å². The van der Waals surface area contributed by atoms with Crippen molar-refractivity contribution in [2.24, 2.45) is 46.3 Å². The van der Waals surface area contributed by atoms with Crippen LogP contribution in [0.5, 0.6) is 0 Å². The van der Waals surface area contributed by atoms with Crippen molar-refractivity contribution in [3.8, 4) is 0 Å². The number of carbonyl (C=O) groups excluding carboxylic acids is 1. The third-order valence-corrected chi connectivity index (χ3v) is 12.6. The van der Waals surface area contributed by atoms with E-state index >= 15 is 0 Å². The highest BCUT2D eigenvalue weighted by Gasteiger charge is 2.68. The average molecular weight is 513 g/mol. The highest BCUT2D eigenvalue weighted by Crippen LogP contribution is 2.70. The summed E-state index contributed by atoms with van der Waals surface area (Å²) in [6, 6.07) is 0. The van der Waals surface area contributed by atoms with Crippen LogP contribution < -0.4 is 0 Å². The Labute approximate surface area is 225 Å².